The number of halogens is 1. The van der Waals surface area contributed by atoms with Gasteiger partial charge in [0.2, 0.25) is 5.95 Å². The molecule has 0 saturated heterocycles. The molecule has 18 heavy (non-hydrogen) atoms. The standard InChI is InChI=1S/C12H15ClN4S/c1-18-12(5-2-6-12)8-14-11-15-10-4-3-9(13)7-17(10)16-11/h3-4,7H,2,5-6,8H2,1H3,(H,14,16). The number of rotatable bonds is 4. The maximum Gasteiger partial charge on any atom is 0.243 e. The Hall–Kier alpha value is -0.940. The molecule has 2 aromatic rings. The fourth-order valence-corrected chi connectivity index (χ4v) is 3.27. The van der Waals surface area contributed by atoms with Gasteiger partial charge in [-0.2, -0.15) is 16.7 Å². The van der Waals surface area contributed by atoms with E-state index in [4.69, 9.17) is 11.6 Å². The summed E-state index contributed by atoms with van der Waals surface area (Å²) in [6.07, 6.45) is 7.83. The highest BCUT2D eigenvalue weighted by atomic mass is 35.5. The van der Waals surface area contributed by atoms with Gasteiger partial charge in [-0.05, 0) is 31.2 Å². The number of fused-ring (bicyclic) bond motifs is 1. The number of hydrogen-bond acceptors (Lipinski definition) is 4. The van der Waals surface area contributed by atoms with Crippen molar-refractivity contribution in [3.05, 3.63) is 23.4 Å². The molecule has 2 aromatic heterocycles. The van der Waals surface area contributed by atoms with E-state index in [0.717, 1.165) is 12.2 Å². The quantitative estimate of drug-likeness (QED) is 0.936. The van der Waals surface area contributed by atoms with Crippen LogP contribution < -0.4 is 5.32 Å². The van der Waals surface area contributed by atoms with Crippen molar-refractivity contribution in [1.29, 1.82) is 0 Å². The molecule has 4 nitrogen and oxygen atoms in total. The van der Waals surface area contributed by atoms with Crippen LogP contribution in [0.3, 0.4) is 0 Å². The molecule has 0 aromatic carbocycles. The lowest BCUT2D eigenvalue weighted by atomic mass is 9.84. The van der Waals surface area contributed by atoms with E-state index < -0.39 is 0 Å². The minimum atomic E-state index is 0.384. The topological polar surface area (TPSA) is 42.2 Å². The zero-order valence-corrected chi connectivity index (χ0v) is 11.8. The molecule has 0 spiro atoms. The van der Waals surface area contributed by atoms with Crippen LogP contribution >= 0.6 is 23.4 Å². The van der Waals surface area contributed by atoms with Crippen molar-refractivity contribution >= 4 is 35.0 Å². The van der Waals surface area contributed by atoms with Crippen molar-refractivity contribution in [2.75, 3.05) is 18.1 Å². The maximum absolute atomic E-state index is 5.92. The van der Waals surface area contributed by atoms with Gasteiger partial charge in [0.15, 0.2) is 5.65 Å². The van der Waals surface area contributed by atoms with Gasteiger partial charge in [0.25, 0.3) is 0 Å². The summed E-state index contributed by atoms with van der Waals surface area (Å²) < 4.78 is 2.09. The summed E-state index contributed by atoms with van der Waals surface area (Å²) in [5.41, 5.74) is 0.814. The Kier molecular flexibility index (Phi) is 3.11. The number of thioether (sulfide) groups is 1. The highest BCUT2D eigenvalue weighted by molar-refractivity contribution is 8.00. The van der Waals surface area contributed by atoms with Gasteiger partial charge in [-0.3, -0.25) is 0 Å². The molecule has 1 aliphatic carbocycles. The van der Waals surface area contributed by atoms with Crippen LogP contribution in [0.1, 0.15) is 19.3 Å². The molecule has 1 saturated carbocycles. The Balaban J connectivity index is 1.74. The zero-order chi connectivity index (χ0) is 12.6. The fraction of sp³-hybridized carbons (Fsp3) is 0.500. The molecule has 3 rings (SSSR count). The van der Waals surface area contributed by atoms with Gasteiger partial charge in [-0.25, -0.2) is 4.52 Å². The van der Waals surface area contributed by atoms with E-state index >= 15 is 0 Å². The summed E-state index contributed by atoms with van der Waals surface area (Å²) in [6, 6.07) is 3.69. The predicted molar refractivity (Wildman–Crippen MR) is 76.6 cm³/mol. The summed E-state index contributed by atoms with van der Waals surface area (Å²) in [7, 11) is 0. The number of nitrogens with zero attached hydrogens (tertiary/aromatic N) is 3. The van der Waals surface area contributed by atoms with Crippen LogP contribution in [0.15, 0.2) is 18.3 Å². The normalized spacial score (nSPS) is 17.7. The minimum Gasteiger partial charge on any atom is -0.352 e. The molecule has 0 aliphatic heterocycles. The molecule has 0 bridgehead atoms. The molecule has 2 heterocycles. The molecule has 96 valence electrons. The van der Waals surface area contributed by atoms with E-state index in [1.807, 2.05) is 23.9 Å². The summed E-state index contributed by atoms with van der Waals surface area (Å²) in [5, 5.41) is 8.38. The molecule has 1 fully saturated rings. The van der Waals surface area contributed by atoms with Gasteiger partial charge < -0.3 is 5.32 Å². The average Bonchev–Trinajstić information content (AvgIpc) is 2.70. The van der Waals surface area contributed by atoms with Crippen molar-refractivity contribution in [3.63, 3.8) is 0 Å². The van der Waals surface area contributed by atoms with E-state index in [-0.39, 0.29) is 0 Å². The van der Waals surface area contributed by atoms with Crippen molar-refractivity contribution in [2.45, 2.75) is 24.0 Å². The van der Waals surface area contributed by atoms with Crippen molar-refractivity contribution in [1.82, 2.24) is 14.6 Å². The largest absolute Gasteiger partial charge is 0.352 e. The second kappa shape index (κ2) is 4.63. The van der Waals surface area contributed by atoms with Crippen LogP contribution in [-0.2, 0) is 0 Å². The van der Waals surface area contributed by atoms with Crippen LogP contribution in [0, 0.1) is 0 Å². The van der Waals surface area contributed by atoms with E-state index in [0.29, 0.717) is 15.7 Å². The molecule has 0 radical (unpaired) electrons. The summed E-state index contributed by atoms with van der Waals surface area (Å²) >= 11 is 7.86. The van der Waals surface area contributed by atoms with Crippen LogP contribution in [0.4, 0.5) is 5.95 Å². The number of nitrogens with one attached hydrogen (secondary N) is 1. The third-order valence-corrected chi connectivity index (χ3v) is 5.20. The van der Waals surface area contributed by atoms with Crippen LogP contribution in [0.25, 0.3) is 5.65 Å². The molecule has 6 heteroatoms. The highest BCUT2D eigenvalue weighted by Gasteiger charge is 2.36. The second-order valence-electron chi connectivity index (χ2n) is 4.68. The lowest BCUT2D eigenvalue weighted by Gasteiger charge is -2.40. The first kappa shape index (κ1) is 12.1. The van der Waals surface area contributed by atoms with Gasteiger partial charge >= 0.3 is 0 Å². The molecule has 1 aliphatic rings. The summed E-state index contributed by atoms with van der Waals surface area (Å²) in [5.74, 6) is 0.678. The lowest BCUT2D eigenvalue weighted by Crippen LogP contribution is -2.40. The SMILES string of the molecule is CSC1(CNc2nc3ccc(Cl)cn3n2)CCC1. The second-order valence-corrected chi connectivity index (χ2v) is 6.39. The molecular formula is C12H15ClN4S. The molecule has 0 amide bonds. The van der Waals surface area contributed by atoms with Gasteiger partial charge in [-0.1, -0.05) is 18.0 Å². The van der Waals surface area contributed by atoms with Crippen LogP contribution in [-0.4, -0.2) is 32.1 Å². The van der Waals surface area contributed by atoms with E-state index in [9.17, 15) is 0 Å². The third-order valence-electron chi connectivity index (χ3n) is 3.56. The lowest BCUT2D eigenvalue weighted by molar-refractivity contribution is 0.379. The maximum atomic E-state index is 5.92. The summed E-state index contributed by atoms with van der Waals surface area (Å²) in [6.45, 7) is 0.929. The van der Waals surface area contributed by atoms with Gasteiger partial charge in [-0.15, -0.1) is 5.10 Å². The Bertz CT molecular complexity index is 559. The van der Waals surface area contributed by atoms with E-state index in [2.05, 4.69) is 21.7 Å². The first-order chi connectivity index (χ1) is 8.71. The Morgan fingerprint density at radius 3 is 3.00 bits per heavy atom. The van der Waals surface area contributed by atoms with Crippen LogP contribution in [0.2, 0.25) is 5.02 Å². The van der Waals surface area contributed by atoms with Gasteiger partial charge in [0, 0.05) is 17.5 Å². The Morgan fingerprint density at radius 1 is 1.50 bits per heavy atom. The number of aromatic nitrogens is 3. The first-order valence-corrected chi connectivity index (χ1v) is 7.62. The highest BCUT2D eigenvalue weighted by Crippen LogP contribution is 2.42. The van der Waals surface area contributed by atoms with Crippen LogP contribution in [0.5, 0.6) is 0 Å². The van der Waals surface area contributed by atoms with Gasteiger partial charge in [0.05, 0.1) is 5.02 Å². The number of pyridine rings is 1. The monoisotopic (exact) mass is 282 g/mol. The molecule has 0 atom stereocenters. The predicted octanol–water partition coefficient (Wildman–Crippen LogP) is 3.08. The van der Waals surface area contributed by atoms with Crippen molar-refractivity contribution in [3.8, 4) is 0 Å². The zero-order valence-electron chi connectivity index (χ0n) is 10.2. The Morgan fingerprint density at radius 2 is 2.33 bits per heavy atom. The van der Waals surface area contributed by atoms with Gasteiger partial charge in [0.1, 0.15) is 0 Å². The minimum absolute atomic E-state index is 0.384. The Labute approximate surface area is 115 Å². The van der Waals surface area contributed by atoms with Crippen molar-refractivity contribution in [2.24, 2.45) is 0 Å². The third kappa shape index (κ3) is 2.17. The van der Waals surface area contributed by atoms with E-state index in [1.165, 1.54) is 19.3 Å². The first-order valence-electron chi connectivity index (χ1n) is 6.02. The molecule has 0 unspecified atom stereocenters. The number of anilines is 1. The average molecular weight is 283 g/mol. The molecule has 1 N–H and O–H groups in total. The number of hydrogen-bond donors (Lipinski definition) is 1. The van der Waals surface area contributed by atoms with Crippen molar-refractivity contribution < 1.29 is 0 Å². The summed E-state index contributed by atoms with van der Waals surface area (Å²) in [4.78, 5) is 4.42. The van der Waals surface area contributed by atoms with E-state index in [1.54, 1.807) is 10.7 Å². The fourth-order valence-electron chi connectivity index (χ4n) is 2.20. The molecular weight excluding hydrogens is 268 g/mol. The smallest absolute Gasteiger partial charge is 0.243 e.